The molecule has 0 spiro atoms. The number of benzene rings is 1. The molecule has 1 amide bonds. The number of nitrogens with two attached hydrogens (primary N) is 1. The third-order valence-corrected chi connectivity index (χ3v) is 6.65. The molecule has 11 heteroatoms. The molecule has 1 aromatic carbocycles. The first-order valence-corrected chi connectivity index (χ1v) is 11.5. The largest absolute Gasteiger partial charge is 0.482 e. The first-order chi connectivity index (χ1) is 16.3. The maximum Gasteiger partial charge on any atom is 0.248 e. The van der Waals surface area contributed by atoms with Crippen LogP contribution in [0.2, 0.25) is 10.0 Å². The quantitative estimate of drug-likeness (QED) is 0.482. The minimum Gasteiger partial charge on any atom is -0.482 e. The Morgan fingerprint density at radius 2 is 2.03 bits per heavy atom. The van der Waals surface area contributed by atoms with E-state index in [9.17, 15) is 9.18 Å². The summed E-state index contributed by atoms with van der Waals surface area (Å²) < 4.78 is 21.8. The molecule has 4 rings (SSSR count). The Kier molecular flexibility index (Phi) is 7.25. The van der Waals surface area contributed by atoms with E-state index in [1.807, 2.05) is 10.9 Å². The molecule has 0 radical (unpaired) electrons. The molecular formula is C23H24Cl2FN5O3. The Balaban J connectivity index is 1.51. The monoisotopic (exact) mass is 507 g/mol. The van der Waals surface area contributed by atoms with Gasteiger partial charge in [0.15, 0.2) is 11.6 Å². The zero-order valence-electron chi connectivity index (χ0n) is 18.4. The number of nitrogen functional groups attached to an aromatic ring is 1. The molecule has 1 saturated heterocycles. The van der Waals surface area contributed by atoms with Crippen molar-refractivity contribution in [1.29, 1.82) is 0 Å². The van der Waals surface area contributed by atoms with Crippen molar-refractivity contribution < 1.29 is 19.0 Å². The molecule has 3 aromatic rings. The number of aliphatic hydroxyl groups is 1. The van der Waals surface area contributed by atoms with Crippen LogP contribution in [0, 0.1) is 5.82 Å². The van der Waals surface area contributed by atoms with E-state index in [2.05, 4.69) is 10.1 Å². The van der Waals surface area contributed by atoms with Gasteiger partial charge in [0.25, 0.3) is 0 Å². The fraction of sp³-hybridized carbons (Fsp3) is 0.348. The van der Waals surface area contributed by atoms with Crippen molar-refractivity contribution in [1.82, 2.24) is 19.7 Å². The van der Waals surface area contributed by atoms with Crippen molar-refractivity contribution in [2.75, 3.05) is 25.4 Å². The van der Waals surface area contributed by atoms with Gasteiger partial charge in [0.05, 0.1) is 17.3 Å². The number of amides is 1. The van der Waals surface area contributed by atoms with Crippen molar-refractivity contribution in [3.05, 3.63) is 58.2 Å². The van der Waals surface area contributed by atoms with Crippen LogP contribution in [0.15, 0.2) is 36.8 Å². The van der Waals surface area contributed by atoms with E-state index >= 15 is 0 Å². The topological polar surface area (TPSA) is 106 Å². The average Bonchev–Trinajstić information content (AvgIpc) is 3.33. The molecule has 34 heavy (non-hydrogen) atoms. The summed E-state index contributed by atoms with van der Waals surface area (Å²) in [4.78, 5) is 17.6. The highest BCUT2D eigenvalue weighted by molar-refractivity contribution is 6.36. The Morgan fingerprint density at radius 3 is 2.74 bits per heavy atom. The third-order valence-electron chi connectivity index (χ3n) is 5.93. The van der Waals surface area contributed by atoms with Crippen molar-refractivity contribution in [2.45, 2.75) is 31.9 Å². The molecule has 8 nitrogen and oxygen atoms in total. The number of piperidine rings is 1. The number of carbonyl (C=O) groups excluding carboxylic acids is 1. The summed E-state index contributed by atoms with van der Waals surface area (Å²) in [5.41, 5.74) is 7.91. The van der Waals surface area contributed by atoms with E-state index in [1.54, 1.807) is 30.3 Å². The van der Waals surface area contributed by atoms with Crippen LogP contribution in [-0.4, -0.2) is 50.4 Å². The molecule has 1 atom stereocenters. The Morgan fingerprint density at radius 1 is 1.29 bits per heavy atom. The van der Waals surface area contributed by atoms with E-state index in [4.69, 9.17) is 38.8 Å². The SMILES string of the molecule is C[C@@H](Oc1cc(-c2cnn(C3CCN(C(=O)CO)CC3)c2)cnc1N)c1c(Cl)ccc(F)c1Cl. The van der Waals surface area contributed by atoms with Gasteiger partial charge in [0.2, 0.25) is 5.91 Å². The fourth-order valence-electron chi connectivity index (χ4n) is 4.04. The molecule has 1 fully saturated rings. The molecule has 1 aliphatic rings. The summed E-state index contributed by atoms with van der Waals surface area (Å²) in [6.07, 6.45) is 6.08. The summed E-state index contributed by atoms with van der Waals surface area (Å²) in [6, 6.07) is 4.51. The first-order valence-electron chi connectivity index (χ1n) is 10.8. The van der Waals surface area contributed by atoms with Gasteiger partial charge in [-0.2, -0.15) is 5.10 Å². The highest BCUT2D eigenvalue weighted by atomic mass is 35.5. The van der Waals surface area contributed by atoms with E-state index in [0.29, 0.717) is 24.4 Å². The number of ether oxygens (including phenoxy) is 1. The lowest BCUT2D eigenvalue weighted by Gasteiger charge is -2.31. The van der Waals surface area contributed by atoms with Crippen molar-refractivity contribution in [3.8, 4) is 16.9 Å². The second kappa shape index (κ2) is 10.2. The second-order valence-electron chi connectivity index (χ2n) is 8.10. The lowest BCUT2D eigenvalue weighted by Crippen LogP contribution is -2.40. The Hall–Kier alpha value is -2.88. The number of pyridine rings is 1. The van der Waals surface area contributed by atoms with Crippen LogP contribution in [0.3, 0.4) is 0 Å². The molecule has 0 unspecified atom stereocenters. The molecule has 3 N–H and O–H groups in total. The lowest BCUT2D eigenvalue weighted by atomic mass is 10.1. The molecular weight excluding hydrogens is 484 g/mol. The number of nitrogens with zero attached hydrogens (tertiary/aromatic N) is 4. The summed E-state index contributed by atoms with van der Waals surface area (Å²) in [5, 5.41) is 13.7. The Bertz CT molecular complexity index is 1200. The standard InChI is InChI=1S/C23H24Cl2FN5O3/c1-13(21-17(24)2-3-18(26)22(21)25)34-19-8-14(9-28-23(19)27)15-10-29-31(11-15)16-4-6-30(7-5-16)20(33)12-32/h2-3,8-11,13,16,32H,4-7,12H2,1H3,(H2,27,28)/t13-/m1/s1. The smallest absolute Gasteiger partial charge is 0.248 e. The zero-order valence-corrected chi connectivity index (χ0v) is 19.9. The third kappa shape index (κ3) is 4.96. The maximum atomic E-state index is 13.9. The van der Waals surface area contributed by atoms with Crippen LogP contribution in [0.4, 0.5) is 10.2 Å². The van der Waals surface area contributed by atoms with Gasteiger partial charge >= 0.3 is 0 Å². The number of likely N-dealkylation sites (tertiary alicyclic amines) is 1. The van der Waals surface area contributed by atoms with Gasteiger partial charge in [-0.3, -0.25) is 9.48 Å². The van der Waals surface area contributed by atoms with Crippen LogP contribution in [0.1, 0.15) is 37.5 Å². The predicted molar refractivity (Wildman–Crippen MR) is 127 cm³/mol. The van der Waals surface area contributed by atoms with Crippen LogP contribution in [0.25, 0.3) is 11.1 Å². The number of hydrogen-bond donors (Lipinski definition) is 2. The minimum absolute atomic E-state index is 0.101. The number of hydrogen-bond acceptors (Lipinski definition) is 6. The first kappa shape index (κ1) is 24.3. The fourth-order valence-corrected chi connectivity index (χ4v) is 4.72. The van der Waals surface area contributed by atoms with Crippen LogP contribution in [0.5, 0.6) is 5.75 Å². The highest BCUT2D eigenvalue weighted by Crippen LogP contribution is 2.37. The average molecular weight is 508 g/mol. The van der Waals surface area contributed by atoms with Crippen molar-refractivity contribution in [3.63, 3.8) is 0 Å². The Labute approximate surface area is 206 Å². The van der Waals surface area contributed by atoms with Gasteiger partial charge in [-0.25, -0.2) is 9.37 Å². The number of rotatable bonds is 6. The van der Waals surface area contributed by atoms with E-state index in [1.165, 1.54) is 12.1 Å². The molecule has 0 bridgehead atoms. The predicted octanol–water partition coefficient (Wildman–Crippen LogP) is 4.27. The summed E-state index contributed by atoms with van der Waals surface area (Å²) >= 11 is 12.3. The van der Waals surface area contributed by atoms with E-state index < -0.39 is 18.5 Å². The summed E-state index contributed by atoms with van der Waals surface area (Å²) in [6.45, 7) is 2.37. The molecule has 180 valence electrons. The number of carbonyl (C=O) groups is 1. The maximum absolute atomic E-state index is 13.9. The van der Waals surface area contributed by atoms with Gasteiger partial charge < -0.3 is 20.5 Å². The highest BCUT2D eigenvalue weighted by Gasteiger charge is 2.24. The lowest BCUT2D eigenvalue weighted by molar-refractivity contribution is -0.135. The number of halogens is 3. The van der Waals surface area contributed by atoms with Crippen LogP contribution < -0.4 is 10.5 Å². The molecule has 1 aliphatic heterocycles. The molecule has 2 aromatic heterocycles. The van der Waals surface area contributed by atoms with Gasteiger partial charge in [0, 0.05) is 47.2 Å². The number of aliphatic hydroxyl groups excluding tert-OH is 1. The molecule has 0 aliphatic carbocycles. The minimum atomic E-state index is -0.676. The van der Waals surface area contributed by atoms with Crippen LogP contribution in [-0.2, 0) is 4.79 Å². The molecule has 0 saturated carbocycles. The van der Waals surface area contributed by atoms with Crippen LogP contribution >= 0.6 is 23.2 Å². The van der Waals surface area contributed by atoms with E-state index in [-0.39, 0.29) is 27.8 Å². The van der Waals surface area contributed by atoms with Gasteiger partial charge in [-0.05, 0) is 38.0 Å². The summed E-state index contributed by atoms with van der Waals surface area (Å²) in [5.74, 6) is -0.358. The second-order valence-corrected chi connectivity index (χ2v) is 8.89. The normalized spacial score (nSPS) is 15.4. The van der Waals surface area contributed by atoms with E-state index in [0.717, 1.165) is 24.0 Å². The van der Waals surface area contributed by atoms with Gasteiger partial charge in [0.1, 0.15) is 18.5 Å². The molecule has 3 heterocycles. The zero-order chi connectivity index (χ0) is 24.4. The van der Waals surface area contributed by atoms with Gasteiger partial charge in [-0.1, -0.05) is 23.2 Å². The van der Waals surface area contributed by atoms with Crippen molar-refractivity contribution >= 4 is 34.9 Å². The summed E-state index contributed by atoms with van der Waals surface area (Å²) in [7, 11) is 0. The number of anilines is 1. The van der Waals surface area contributed by atoms with Gasteiger partial charge in [-0.15, -0.1) is 0 Å². The number of aromatic nitrogens is 3. The van der Waals surface area contributed by atoms with Crippen molar-refractivity contribution in [2.24, 2.45) is 0 Å².